The van der Waals surface area contributed by atoms with Gasteiger partial charge >= 0.3 is 0 Å². The van der Waals surface area contributed by atoms with E-state index >= 15 is 0 Å². The molecule has 6 heteroatoms. The summed E-state index contributed by atoms with van der Waals surface area (Å²) >= 11 is 5.71. The van der Waals surface area contributed by atoms with Crippen molar-refractivity contribution in [1.29, 1.82) is 0 Å². The highest BCUT2D eigenvalue weighted by Gasteiger charge is 2.13. The Balaban J connectivity index is 2.49. The number of ether oxygens (including phenoxy) is 2. The maximum atomic E-state index is 13.7. The van der Waals surface area contributed by atoms with Gasteiger partial charge in [-0.05, 0) is 18.1 Å². The summed E-state index contributed by atoms with van der Waals surface area (Å²) in [5.74, 6) is 5.00. The SMILES string of the molecule is COCCOCC(Cc1cccc(Cl)c1F)NN. The first kappa shape index (κ1) is 15.3. The predicted octanol–water partition coefficient (Wildman–Crippen LogP) is 1.52. The third-order valence-corrected chi connectivity index (χ3v) is 2.78. The standard InChI is InChI=1S/C12H18ClFN2O2/c1-17-5-6-18-8-10(16-15)7-9-3-2-4-11(13)12(9)14/h2-4,10,16H,5-8,15H2,1H3. The number of hydrogen-bond donors (Lipinski definition) is 2. The number of nitrogens with one attached hydrogen (secondary N) is 1. The second-order valence-corrected chi connectivity index (χ2v) is 4.26. The van der Waals surface area contributed by atoms with Gasteiger partial charge in [0.25, 0.3) is 0 Å². The third kappa shape index (κ3) is 4.88. The molecule has 0 aliphatic heterocycles. The summed E-state index contributed by atoms with van der Waals surface area (Å²) in [6.45, 7) is 1.38. The van der Waals surface area contributed by atoms with Crippen LogP contribution in [-0.4, -0.2) is 33.0 Å². The largest absolute Gasteiger partial charge is 0.382 e. The summed E-state index contributed by atoms with van der Waals surface area (Å²) in [5.41, 5.74) is 3.11. The first-order valence-corrected chi connectivity index (χ1v) is 6.02. The molecule has 0 spiro atoms. The van der Waals surface area contributed by atoms with E-state index in [0.29, 0.717) is 31.8 Å². The highest BCUT2D eigenvalue weighted by molar-refractivity contribution is 6.30. The zero-order valence-corrected chi connectivity index (χ0v) is 11.0. The fourth-order valence-corrected chi connectivity index (χ4v) is 1.70. The molecule has 0 aromatic heterocycles. The van der Waals surface area contributed by atoms with Crippen LogP contribution in [0.25, 0.3) is 0 Å². The lowest BCUT2D eigenvalue weighted by Crippen LogP contribution is -2.40. The number of halogens is 2. The van der Waals surface area contributed by atoms with E-state index in [4.69, 9.17) is 26.9 Å². The average Bonchev–Trinajstić information content (AvgIpc) is 2.38. The molecule has 0 aliphatic carbocycles. The summed E-state index contributed by atoms with van der Waals surface area (Å²) in [4.78, 5) is 0. The van der Waals surface area contributed by atoms with Gasteiger partial charge < -0.3 is 9.47 Å². The first-order chi connectivity index (χ1) is 8.69. The molecule has 1 rings (SSSR count). The Labute approximate surface area is 111 Å². The summed E-state index contributed by atoms with van der Waals surface area (Å²) in [6, 6.07) is 4.73. The van der Waals surface area contributed by atoms with E-state index in [1.165, 1.54) is 6.07 Å². The van der Waals surface area contributed by atoms with Crippen LogP contribution in [0.1, 0.15) is 5.56 Å². The Kier molecular flexibility index (Phi) is 7.15. The first-order valence-electron chi connectivity index (χ1n) is 5.64. The average molecular weight is 277 g/mol. The van der Waals surface area contributed by atoms with Crippen molar-refractivity contribution in [2.45, 2.75) is 12.5 Å². The van der Waals surface area contributed by atoms with E-state index < -0.39 is 5.82 Å². The van der Waals surface area contributed by atoms with Gasteiger partial charge in [0.05, 0.1) is 24.8 Å². The van der Waals surface area contributed by atoms with Crippen LogP contribution in [0.4, 0.5) is 4.39 Å². The van der Waals surface area contributed by atoms with Crippen molar-refractivity contribution >= 4 is 11.6 Å². The van der Waals surface area contributed by atoms with Crippen molar-refractivity contribution in [3.05, 3.63) is 34.6 Å². The van der Waals surface area contributed by atoms with E-state index in [1.54, 1.807) is 19.2 Å². The molecular formula is C12H18ClFN2O2. The monoisotopic (exact) mass is 276 g/mol. The molecule has 0 bridgehead atoms. The normalized spacial score (nSPS) is 12.7. The van der Waals surface area contributed by atoms with Crippen molar-refractivity contribution in [3.63, 3.8) is 0 Å². The summed E-state index contributed by atoms with van der Waals surface area (Å²) in [6.07, 6.45) is 0.413. The molecule has 0 fully saturated rings. The summed E-state index contributed by atoms with van der Waals surface area (Å²) in [5, 5.41) is 0.114. The smallest absolute Gasteiger partial charge is 0.145 e. The molecule has 0 saturated carbocycles. The van der Waals surface area contributed by atoms with Gasteiger partial charge in [0.15, 0.2) is 0 Å². The molecule has 1 atom stereocenters. The Bertz CT molecular complexity index is 366. The Hall–Kier alpha value is -0.720. The number of hydrogen-bond acceptors (Lipinski definition) is 4. The summed E-state index contributed by atoms with van der Waals surface area (Å²) in [7, 11) is 1.60. The predicted molar refractivity (Wildman–Crippen MR) is 68.9 cm³/mol. The van der Waals surface area contributed by atoms with Crippen molar-refractivity contribution in [1.82, 2.24) is 5.43 Å². The van der Waals surface area contributed by atoms with Gasteiger partial charge in [-0.1, -0.05) is 23.7 Å². The zero-order chi connectivity index (χ0) is 13.4. The van der Waals surface area contributed by atoms with Crippen LogP contribution in [0.15, 0.2) is 18.2 Å². The molecule has 1 aromatic carbocycles. The molecular weight excluding hydrogens is 259 g/mol. The molecule has 4 nitrogen and oxygen atoms in total. The van der Waals surface area contributed by atoms with Crippen LogP contribution in [0.2, 0.25) is 5.02 Å². The third-order valence-electron chi connectivity index (χ3n) is 2.48. The molecule has 102 valence electrons. The maximum absolute atomic E-state index is 13.7. The maximum Gasteiger partial charge on any atom is 0.145 e. The lowest BCUT2D eigenvalue weighted by atomic mass is 10.1. The van der Waals surface area contributed by atoms with E-state index in [2.05, 4.69) is 5.43 Å². The molecule has 0 heterocycles. The lowest BCUT2D eigenvalue weighted by Gasteiger charge is -2.16. The van der Waals surface area contributed by atoms with Gasteiger partial charge in [-0.15, -0.1) is 0 Å². The van der Waals surface area contributed by atoms with Gasteiger partial charge in [0.2, 0.25) is 0 Å². The number of methoxy groups -OCH3 is 1. The van der Waals surface area contributed by atoms with Crippen molar-refractivity contribution in [2.75, 3.05) is 26.9 Å². The number of benzene rings is 1. The minimum absolute atomic E-state index is 0.114. The van der Waals surface area contributed by atoms with Crippen LogP contribution in [0, 0.1) is 5.82 Å². The topological polar surface area (TPSA) is 56.5 Å². The van der Waals surface area contributed by atoms with E-state index in [-0.39, 0.29) is 11.1 Å². The molecule has 0 radical (unpaired) electrons. The molecule has 0 aliphatic rings. The molecule has 1 unspecified atom stereocenters. The summed E-state index contributed by atoms with van der Waals surface area (Å²) < 4.78 is 23.9. The minimum atomic E-state index is -0.406. The fraction of sp³-hybridized carbons (Fsp3) is 0.500. The van der Waals surface area contributed by atoms with Gasteiger partial charge in [-0.2, -0.15) is 0 Å². The quantitative estimate of drug-likeness (QED) is 0.429. The number of hydrazine groups is 1. The highest BCUT2D eigenvalue weighted by atomic mass is 35.5. The van der Waals surface area contributed by atoms with Crippen molar-refractivity contribution in [3.8, 4) is 0 Å². The van der Waals surface area contributed by atoms with Gasteiger partial charge in [-0.25, -0.2) is 4.39 Å². The molecule has 18 heavy (non-hydrogen) atoms. The molecule has 0 saturated heterocycles. The Morgan fingerprint density at radius 1 is 1.44 bits per heavy atom. The lowest BCUT2D eigenvalue weighted by molar-refractivity contribution is 0.0586. The molecule has 3 N–H and O–H groups in total. The van der Waals surface area contributed by atoms with Crippen LogP contribution < -0.4 is 11.3 Å². The highest BCUT2D eigenvalue weighted by Crippen LogP contribution is 2.18. The molecule has 1 aromatic rings. The van der Waals surface area contributed by atoms with Crippen LogP contribution in [-0.2, 0) is 15.9 Å². The Morgan fingerprint density at radius 3 is 2.89 bits per heavy atom. The van der Waals surface area contributed by atoms with Gasteiger partial charge in [-0.3, -0.25) is 11.3 Å². The van der Waals surface area contributed by atoms with Gasteiger partial charge in [0, 0.05) is 13.2 Å². The van der Waals surface area contributed by atoms with E-state index in [9.17, 15) is 4.39 Å². The van der Waals surface area contributed by atoms with Crippen molar-refractivity contribution < 1.29 is 13.9 Å². The number of rotatable bonds is 8. The minimum Gasteiger partial charge on any atom is -0.382 e. The number of nitrogens with two attached hydrogens (primary N) is 1. The second kappa shape index (κ2) is 8.39. The van der Waals surface area contributed by atoms with Crippen LogP contribution >= 0.6 is 11.6 Å². The van der Waals surface area contributed by atoms with E-state index in [0.717, 1.165) is 0 Å². The molecule has 0 amide bonds. The van der Waals surface area contributed by atoms with Crippen LogP contribution in [0.5, 0.6) is 0 Å². The van der Waals surface area contributed by atoms with Crippen molar-refractivity contribution in [2.24, 2.45) is 5.84 Å². The zero-order valence-electron chi connectivity index (χ0n) is 10.3. The van der Waals surface area contributed by atoms with E-state index in [1.807, 2.05) is 0 Å². The second-order valence-electron chi connectivity index (χ2n) is 3.85. The Morgan fingerprint density at radius 2 is 2.22 bits per heavy atom. The fourth-order valence-electron chi connectivity index (χ4n) is 1.51. The van der Waals surface area contributed by atoms with Crippen LogP contribution in [0.3, 0.4) is 0 Å². The van der Waals surface area contributed by atoms with Gasteiger partial charge in [0.1, 0.15) is 5.82 Å².